The first kappa shape index (κ1) is 20.6. The highest BCUT2D eigenvalue weighted by atomic mass is 16.5. The van der Waals surface area contributed by atoms with E-state index in [0.717, 1.165) is 6.42 Å². The highest BCUT2D eigenvalue weighted by Crippen LogP contribution is 2.21. The molecule has 0 saturated heterocycles. The molecule has 1 atom stereocenters. The lowest BCUT2D eigenvalue weighted by Crippen LogP contribution is -2.28. The minimum Gasteiger partial charge on any atom is -0.491 e. The number of amides is 1. The number of nitrogens with zero attached hydrogens (tertiary/aromatic N) is 2. The second-order valence-electron chi connectivity index (χ2n) is 6.16. The number of carbonyl (C=O) groups is 1. The van der Waals surface area contributed by atoms with Crippen LogP contribution in [0.25, 0.3) is 11.4 Å². The Morgan fingerprint density at radius 2 is 2.15 bits per heavy atom. The molecule has 0 radical (unpaired) electrons. The fraction of sp³-hybridized carbons (Fsp3) is 0.474. The molecule has 8 nitrogen and oxygen atoms in total. The number of aryl methyl sites for hydroxylation is 1. The molecule has 1 unspecified atom stereocenters. The third-order valence-corrected chi connectivity index (χ3v) is 4.00. The van der Waals surface area contributed by atoms with Crippen molar-refractivity contribution in [1.82, 2.24) is 20.5 Å². The van der Waals surface area contributed by atoms with Crippen molar-refractivity contribution >= 4 is 5.91 Å². The molecule has 0 fully saturated rings. The van der Waals surface area contributed by atoms with Crippen LogP contribution in [0.15, 0.2) is 29.1 Å². The molecule has 2 N–H and O–H groups in total. The number of carbonyl (C=O) groups excluding carboxylic acids is 1. The van der Waals surface area contributed by atoms with E-state index in [1.165, 1.54) is 0 Å². The minimum atomic E-state index is -0.349. The molecule has 1 heterocycles. The highest BCUT2D eigenvalue weighted by Gasteiger charge is 2.10. The van der Waals surface area contributed by atoms with E-state index < -0.39 is 0 Å². The number of aromatic amines is 1. The molecule has 146 valence electrons. The average molecular weight is 374 g/mol. The molecule has 8 heteroatoms. The van der Waals surface area contributed by atoms with Gasteiger partial charge in [-0.2, -0.15) is 0 Å². The molecular weight excluding hydrogens is 348 g/mol. The number of benzene rings is 1. The Morgan fingerprint density at radius 3 is 2.85 bits per heavy atom. The maximum Gasteiger partial charge on any atom is 0.273 e. The van der Waals surface area contributed by atoms with Crippen molar-refractivity contribution in [2.24, 2.45) is 0 Å². The Morgan fingerprint density at radius 1 is 1.33 bits per heavy atom. The Balaban J connectivity index is 2.03. The van der Waals surface area contributed by atoms with Gasteiger partial charge in [0.25, 0.3) is 5.56 Å². The van der Waals surface area contributed by atoms with E-state index in [0.29, 0.717) is 30.3 Å². The molecule has 2 aromatic rings. The van der Waals surface area contributed by atoms with Gasteiger partial charge in [0.1, 0.15) is 11.4 Å². The molecule has 0 saturated carbocycles. The molecule has 0 aliphatic carbocycles. The maximum atomic E-state index is 12.3. The number of H-pyrrole nitrogens is 1. The van der Waals surface area contributed by atoms with E-state index in [-0.39, 0.29) is 36.1 Å². The number of aromatic nitrogens is 3. The molecule has 27 heavy (non-hydrogen) atoms. The van der Waals surface area contributed by atoms with Crippen LogP contribution in [0.3, 0.4) is 0 Å². The third-order valence-electron chi connectivity index (χ3n) is 4.00. The van der Waals surface area contributed by atoms with Gasteiger partial charge in [-0.25, -0.2) is 0 Å². The Bertz CT molecular complexity index is 806. The quantitative estimate of drug-likeness (QED) is 0.613. The van der Waals surface area contributed by atoms with E-state index in [2.05, 4.69) is 20.5 Å². The van der Waals surface area contributed by atoms with Gasteiger partial charge in [-0.1, -0.05) is 19.1 Å². The first-order valence-corrected chi connectivity index (χ1v) is 9.02. The maximum absolute atomic E-state index is 12.3. The van der Waals surface area contributed by atoms with Crippen LogP contribution in [-0.2, 0) is 16.0 Å². The lowest BCUT2D eigenvalue weighted by atomic mass is 10.2. The van der Waals surface area contributed by atoms with E-state index in [9.17, 15) is 9.59 Å². The molecule has 1 aromatic heterocycles. The van der Waals surface area contributed by atoms with Crippen LogP contribution in [0.2, 0.25) is 0 Å². The fourth-order valence-electron chi connectivity index (χ4n) is 2.30. The van der Waals surface area contributed by atoms with Crippen molar-refractivity contribution in [3.8, 4) is 17.1 Å². The Labute approximate surface area is 158 Å². The van der Waals surface area contributed by atoms with E-state index in [1.807, 2.05) is 38.1 Å². The van der Waals surface area contributed by atoms with Crippen molar-refractivity contribution in [1.29, 1.82) is 0 Å². The van der Waals surface area contributed by atoms with Crippen LogP contribution in [0.5, 0.6) is 5.75 Å². The number of hydrogen-bond donors (Lipinski definition) is 2. The van der Waals surface area contributed by atoms with Crippen molar-refractivity contribution < 1.29 is 14.3 Å². The summed E-state index contributed by atoms with van der Waals surface area (Å²) in [7, 11) is 1.56. The summed E-state index contributed by atoms with van der Waals surface area (Å²) in [6.45, 7) is 4.93. The van der Waals surface area contributed by atoms with Crippen molar-refractivity contribution in [2.45, 2.75) is 39.2 Å². The van der Waals surface area contributed by atoms with Crippen LogP contribution >= 0.6 is 0 Å². The van der Waals surface area contributed by atoms with Gasteiger partial charge in [-0.3, -0.25) is 9.59 Å². The van der Waals surface area contributed by atoms with Gasteiger partial charge in [-0.05, 0) is 25.5 Å². The molecule has 1 aromatic carbocycles. The predicted octanol–water partition coefficient (Wildman–Crippen LogP) is 1.70. The Hall–Kier alpha value is -2.74. The van der Waals surface area contributed by atoms with E-state index >= 15 is 0 Å². The average Bonchev–Trinajstić information content (AvgIpc) is 2.67. The van der Waals surface area contributed by atoms with Crippen LogP contribution in [-0.4, -0.2) is 47.5 Å². The number of hydrogen-bond acceptors (Lipinski definition) is 6. The van der Waals surface area contributed by atoms with Crippen molar-refractivity contribution in [3.63, 3.8) is 0 Å². The second kappa shape index (κ2) is 10.4. The SMILES string of the molecule is CCC(C)Oc1cccc(-c2nnc(CCC(=O)NCCOC)c(=O)[nH]2)c1. The summed E-state index contributed by atoms with van der Waals surface area (Å²) in [6, 6.07) is 7.34. The summed E-state index contributed by atoms with van der Waals surface area (Å²) < 4.78 is 10.7. The predicted molar refractivity (Wildman–Crippen MR) is 102 cm³/mol. The Kier molecular flexibility index (Phi) is 7.94. The largest absolute Gasteiger partial charge is 0.491 e. The van der Waals surface area contributed by atoms with Crippen molar-refractivity contribution in [3.05, 3.63) is 40.3 Å². The summed E-state index contributed by atoms with van der Waals surface area (Å²) in [4.78, 5) is 26.7. The molecule has 0 aliphatic heterocycles. The van der Waals surface area contributed by atoms with Crippen LogP contribution in [0.4, 0.5) is 0 Å². The molecule has 0 bridgehead atoms. The number of nitrogens with one attached hydrogen (secondary N) is 2. The van der Waals surface area contributed by atoms with Gasteiger partial charge >= 0.3 is 0 Å². The second-order valence-corrected chi connectivity index (χ2v) is 6.16. The monoisotopic (exact) mass is 374 g/mol. The van der Waals surface area contributed by atoms with Gasteiger partial charge in [0.05, 0.1) is 12.7 Å². The van der Waals surface area contributed by atoms with Gasteiger partial charge < -0.3 is 19.8 Å². The standard InChI is InChI=1S/C19H26N4O4/c1-4-13(2)27-15-7-5-6-14(12-15)18-21-19(25)16(22-23-18)8-9-17(24)20-10-11-26-3/h5-7,12-13H,4,8-11H2,1-3H3,(H,20,24)(H,21,23,25). The zero-order chi connectivity index (χ0) is 19.6. The zero-order valence-corrected chi connectivity index (χ0v) is 15.9. The first-order valence-electron chi connectivity index (χ1n) is 9.02. The fourth-order valence-corrected chi connectivity index (χ4v) is 2.30. The number of methoxy groups -OCH3 is 1. The smallest absolute Gasteiger partial charge is 0.273 e. The van der Waals surface area contributed by atoms with Crippen molar-refractivity contribution in [2.75, 3.05) is 20.3 Å². The summed E-state index contributed by atoms with van der Waals surface area (Å²) in [6.07, 6.45) is 1.38. The van der Waals surface area contributed by atoms with Gasteiger partial charge in [0, 0.05) is 32.1 Å². The summed E-state index contributed by atoms with van der Waals surface area (Å²) in [5.41, 5.74) is 0.592. The van der Waals surface area contributed by atoms with Gasteiger partial charge in [-0.15, -0.1) is 10.2 Å². The minimum absolute atomic E-state index is 0.0998. The summed E-state index contributed by atoms with van der Waals surface area (Å²) in [5, 5.41) is 10.8. The molecule has 1 amide bonds. The third kappa shape index (κ3) is 6.49. The van der Waals surface area contributed by atoms with Gasteiger partial charge in [0.15, 0.2) is 5.82 Å². The normalized spacial score (nSPS) is 11.8. The lowest BCUT2D eigenvalue weighted by molar-refractivity contribution is -0.121. The van der Waals surface area contributed by atoms with E-state index in [4.69, 9.17) is 9.47 Å². The molecule has 0 aliphatic rings. The molecular formula is C19H26N4O4. The molecule has 0 spiro atoms. The number of ether oxygens (including phenoxy) is 2. The highest BCUT2D eigenvalue weighted by molar-refractivity contribution is 5.76. The van der Waals surface area contributed by atoms with Crippen LogP contribution in [0, 0.1) is 0 Å². The topological polar surface area (TPSA) is 106 Å². The molecule has 2 rings (SSSR count). The van der Waals surface area contributed by atoms with Crippen LogP contribution in [0.1, 0.15) is 32.4 Å². The lowest BCUT2D eigenvalue weighted by Gasteiger charge is -2.13. The van der Waals surface area contributed by atoms with Crippen LogP contribution < -0.4 is 15.6 Å². The van der Waals surface area contributed by atoms with E-state index in [1.54, 1.807) is 7.11 Å². The summed E-state index contributed by atoms with van der Waals surface area (Å²) in [5.74, 6) is 0.913. The number of rotatable bonds is 10. The first-order chi connectivity index (χ1) is 13.0. The van der Waals surface area contributed by atoms with Gasteiger partial charge in [0.2, 0.25) is 5.91 Å². The zero-order valence-electron chi connectivity index (χ0n) is 15.9. The summed E-state index contributed by atoms with van der Waals surface area (Å²) >= 11 is 0.